The summed E-state index contributed by atoms with van der Waals surface area (Å²) in [5.41, 5.74) is 2.05. The van der Waals surface area contributed by atoms with Crippen LogP contribution in [0.3, 0.4) is 0 Å². The number of carbonyl (C=O) groups is 1. The van der Waals surface area contributed by atoms with Crippen molar-refractivity contribution in [1.29, 1.82) is 0 Å². The Morgan fingerprint density at radius 2 is 1.96 bits per heavy atom. The Bertz CT molecular complexity index is 745. The van der Waals surface area contributed by atoms with E-state index < -0.39 is 0 Å². The molecular formula is C21H25FN2O3. The van der Waals surface area contributed by atoms with Gasteiger partial charge in [0.15, 0.2) is 6.61 Å². The van der Waals surface area contributed by atoms with Crippen molar-refractivity contribution in [2.45, 2.75) is 13.0 Å². The summed E-state index contributed by atoms with van der Waals surface area (Å²) >= 11 is 0. The first-order chi connectivity index (χ1) is 13.1. The van der Waals surface area contributed by atoms with Crippen LogP contribution in [0.4, 0.5) is 4.39 Å². The Labute approximate surface area is 159 Å². The predicted octanol–water partition coefficient (Wildman–Crippen LogP) is 2.70. The van der Waals surface area contributed by atoms with Crippen LogP contribution in [0.5, 0.6) is 5.75 Å². The Balaban J connectivity index is 1.58. The van der Waals surface area contributed by atoms with Gasteiger partial charge in [0, 0.05) is 19.6 Å². The second-order valence-electron chi connectivity index (χ2n) is 6.62. The van der Waals surface area contributed by atoms with Gasteiger partial charge in [-0.1, -0.05) is 24.3 Å². The van der Waals surface area contributed by atoms with Crippen LogP contribution in [0.1, 0.15) is 17.2 Å². The molecule has 0 saturated carbocycles. The molecule has 0 aliphatic carbocycles. The SMILES string of the molecule is Cc1cccc(OCC(=O)NCC(c2ccc(F)cc2)N2CCOCC2)c1. The van der Waals surface area contributed by atoms with Crippen molar-refractivity contribution in [2.75, 3.05) is 39.5 Å². The molecule has 3 rings (SSSR count). The van der Waals surface area contributed by atoms with Crippen molar-refractivity contribution in [2.24, 2.45) is 0 Å². The molecule has 1 aliphatic rings. The molecule has 144 valence electrons. The summed E-state index contributed by atoms with van der Waals surface area (Å²) in [5, 5.41) is 2.94. The number of hydrogen-bond acceptors (Lipinski definition) is 4. The fourth-order valence-electron chi connectivity index (χ4n) is 3.15. The number of amides is 1. The average molecular weight is 372 g/mol. The van der Waals surface area contributed by atoms with Crippen molar-refractivity contribution in [3.05, 3.63) is 65.5 Å². The minimum atomic E-state index is -0.268. The quantitative estimate of drug-likeness (QED) is 0.812. The van der Waals surface area contributed by atoms with E-state index in [4.69, 9.17) is 9.47 Å². The lowest BCUT2D eigenvalue weighted by atomic mass is 10.0. The normalized spacial score (nSPS) is 15.9. The minimum absolute atomic E-state index is 0.0302. The third kappa shape index (κ3) is 5.77. The molecule has 2 aromatic carbocycles. The molecule has 1 aliphatic heterocycles. The topological polar surface area (TPSA) is 50.8 Å². The minimum Gasteiger partial charge on any atom is -0.484 e. The summed E-state index contributed by atoms with van der Waals surface area (Å²) in [5.74, 6) is 0.223. The van der Waals surface area contributed by atoms with Gasteiger partial charge in [0.1, 0.15) is 11.6 Å². The Hall–Kier alpha value is -2.44. The molecule has 1 fully saturated rings. The van der Waals surface area contributed by atoms with E-state index in [-0.39, 0.29) is 24.4 Å². The standard InChI is InChI=1S/C21H25FN2O3/c1-16-3-2-4-19(13-16)27-15-21(25)23-14-20(24-9-11-26-12-10-24)17-5-7-18(22)8-6-17/h2-8,13,20H,9-12,14-15H2,1H3,(H,23,25). The number of nitrogens with zero attached hydrogens (tertiary/aromatic N) is 1. The van der Waals surface area contributed by atoms with E-state index in [9.17, 15) is 9.18 Å². The van der Waals surface area contributed by atoms with Crippen LogP contribution in [0.2, 0.25) is 0 Å². The molecule has 6 heteroatoms. The van der Waals surface area contributed by atoms with Gasteiger partial charge in [0.25, 0.3) is 5.91 Å². The first kappa shape index (κ1) is 19.3. The molecule has 1 atom stereocenters. The zero-order valence-electron chi connectivity index (χ0n) is 15.5. The number of rotatable bonds is 7. The maximum Gasteiger partial charge on any atom is 0.258 e. The van der Waals surface area contributed by atoms with Crippen LogP contribution in [-0.2, 0) is 9.53 Å². The van der Waals surface area contributed by atoms with E-state index in [1.807, 2.05) is 31.2 Å². The Morgan fingerprint density at radius 1 is 1.22 bits per heavy atom. The summed E-state index contributed by atoms with van der Waals surface area (Å²) in [6.07, 6.45) is 0. The van der Waals surface area contributed by atoms with E-state index in [2.05, 4.69) is 10.2 Å². The van der Waals surface area contributed by atoms with E-state index in [1.54, 1.807) is 12.1 Å². The van der Waals surface area contributed by atoms with Gasteiger partial charge in [-0.25, -0.2) is 4.39 Å². The molecule has 27 heavy (non-hydrogen) atoms. The number of aryl methyl sites for hydroxylation is 1. The fraction of sp³-hybridized carbons (Fsp3) is 0.381. The van der Waals surface area contributed by atoms with E-state index in [0.717, 1.165) is 24.2 Å². The van der Waals surface area contributed by atoms with Crippen LogP contribution in [0, 0.1) is 12.7 Å². The summed E-state index contributed by atoms with van der Waals surface area (Å²) < 4.78 is 24.2. The second-order valence-corrected chi connectivity index (χ2v) is 6.62. The molecule has 1 heterocycles. The van der Waals surface area contributed by atoms with Crippen LogP contribution in [0.15, 0.2) is 48.5 Å². The van der Waals surface area contributed by atoms with Gasteiger partial charge in [-0.05, 0) is 42.3 Å². The maximum absolute atomic E-state index is 13.3. The van der Waals surface area contributed by atoms with Gasteiger partial charge in [-0.3, -0.25) is 9.69 Å². The first-order valence-corrected chi connectivity index (χ1v) is 9.15. The lowest BCUT2D eigenvalue weighted by molar-refractivity contribution is -0.123. The highest BCUT2D eigenvalue weighted by Crippen LogP contribution is 2.21. The number of morpholine rings is 1. The van der Waals surface area contributed by atoms with E-state index in [1.165, 1.54) is 12.1 Å². The molecule has 0 aromatic heterocycles. The smallest absolute Gasteiger partial charge is 0.258 e. The lowest BCUT2D eigenvalue weighted by Crippen LogP contribution is -2.44. The number of benzene rings is 2. The Morgan fingerprint density at radius 3 is 2.67 bits per heavy atom. The first-order valence-electron chi connectivity index (χ1n) is 9.15. The Kier molecular flexibility index (Phi) is 6.79. The summed E-state index contributed by atoms with van der Waals surface area (Å²) in [4.78, 5) is 14.5. The summed E-state index contributed by atoms with van der Waals surface area (Å²) in [6.45, 7) is 5.23. The van der Waals surface area contributed by atoms with Crippen molar-refractivity contribution in [3.8, 4) is 5.75 Å². The van der Waals surface area contributed by atoms with Gasteiger partial charge in [0.2, 0.25) is 0 Å². The van der Waals surface area contributed by atoms with Crippen molar-refractivity contribution >= 4 is 5.91 Å². The fourth-order valence-corrected chi connectivity index (χ4v) is 3.15. The van der Waals surface area contributed by atoms with E-state index >= 15 is 0 Å². The highest BCUT2D eigenvalue weighted by molar-refractivity contribution is 5.77. The monoisotopic (exact) mass is 372 g/mol. The number of halogens is 1. The summed E-state index contributed by atoms with van der Waals surface area (Å²) in [7, 11) is 0. The third-order valence-electron chi connectivity index (χ3n) is 4.59. The van der Waals surface area contributed by atoms with Crippen molar-refractivity contribution in [3.63, 3.8) is 0 Å². The van der Waals surface area contributed by atoms with Crippen LogP contribution in [-0.4, -0.2) is 50.3 Å². The lowest BCUT2D eigenvalue weighted by Gasteiger charge is -2.35. The van der Waals surface area contributed by atoms with Crippen molar-refractivity contribution < 1.29 is 18.7 Å². The number of hydrogen-bond donors (Lipinski definition) is 1. The summed E-state index contributed by atoms with van der Waals surface area (Å²) in [6, 6.07) is 14.0. The number of carbonyl (C=O) groups excluding carboxylic acids is 1. The van der Waals surface area contributed by atoms with Crippen LogP contribution >= 0.6 is 0 Å². The molecular weight excluding hydrogens is 347 g/mol. The molecule has 1 saturated heterocycles. The number of ether oxygens (including phenoxy) is 2. The van der Waals surface area contributed by atoms with Gasteiger partial charge in [-0.15, -0.1) is 0 Å². The largest absolute Gasteiger partial charge is 0.484 e. The molecule has 2 aromatic rings. The highest BCUT2D eigenvalue weighted by Gasteiger charge is 2.23. The number of nitrogens with one attached hydrogen (secondary N) is 1. The van der Waals surface area contributed by atoms with E-state index in [0.29, 0.717) is 25.5 Å². The molecule has 1 N–H and O–H groups in total. The van der Waals surface area contributed by atoms with Gasteiger partial charge in [-0.2, -0.15) is 0 Å². The zero-order valence-corrected chi connectivity index (χ0v) is 15.5. The molecule has 0 bridgehead atoms. The zero-order chi connectivity index (χ0) is 19.1. The molecule has 0 spiro atoms. The van der Waals surface area contributed by atoms with Gasteiger partial charge >= 0.3 is 0 Å². The second kappa shape index (κ2) is 9.48. The van der Waals surface area contributed by atoms with Gasteiger partial charge in [0.05, 0.1) is 19.3 Å². The molecule has 0 radical (unpaired) electrons. The maximum atomic E-state index is 13.3. The third-order valence-corrected chi connectivity index (χ3v) is 4.59. The molecule has 5 nitrogen and oxygen atoms in total. The molecule has 1 unspecified atom stereocenters. The predicted molar refractivity (Wildman–Crippen MR) is 101 cm³/mol. The highest BCUT2D eigenvalue weighted by atomic mass is 19.1. The van der Waals surface area contributed by atoms with Crippen molar-refractivity contribution in [1.82, 2.24) is 10.2 Å². The average Bonchev–Trinajstić information content (AvgIpc) is 2.69. The van der Waals surface area contributed by atoms with Gasteiger partial charge < -0.3 is 14.8 Å². The van der Waals surface area contributed by atoms with Crippen LogP contribution < -0.4 is 10.1 Å². The van der Waals surface area contributed by atoms with Crippen LogP contribution in [0.25, 0.3) is 0 Å². The molecule has 1 amide bonds.